The number of hydrogen-bond donors (Lipinski definition) is 2. The molecule has 1 aromatic heterocycles. The van der Waals surface area contributed by atoms with Gasteiger partial charge in [-0.05, 0) is 80.6 Å². The minimum Gasteiger partial charge on any atom is -0.462 e. The number of ether oxygens (including phenoxy) is 2. The molecule has 0 spiro atoms. The predicted molar refractivity (Wildman–Crippen MR) is 152 cm³/mol. The van der Waals surface area contributed by atoms with E-state index in [1.54, 1.807) is 37.3 Å². The lowest BCUT2D eigenvalue weighted by Crippen LogP contribution is -2.32. The first-order valence-electron chi connectivity index (χ1n) is 12.0. The van der Waals surface area contributed by atoms with Crippen molar-refractivity contribution >= 4 is 73.8 Å². The van der Waals surface area contributed by atoms with Gasteiger partial charge in [-0.1, -0.05) is 27.5 Å². The van der Waals surface area contributed by atoms with Crippen molar-refractivity contribution in [1.82, 2.24) is 5.43 Å². The summed E-state index contributed by atoms with van der Waals surface area (Å²) < 4.78 is 11.3. The summed E-state index contributed by atoms with van der Waals surface area (Å²) in [5, 5.41) is 7.15. The molecule has 0 unspecified atom stereocenters. The fourth-order valence-electron chi connectivity index (χ4n) is 3.90. The number of aryl methyl sites for hydroxylation is 1. The van der Waals surface area contributed by atoms with Gasteiger partial charge < -0.3 is 14.8 Å². The molecule has 2 N–H and O–H groups in total. The van der Waals surface area contributed by atoms with E-state index >= 15 is 0 Å². The van der Waals surface area contributed by atoms with E-state index in [0.29, 0.717) is 32.6 Å². The summed E-state index contributed by atoms with van der Waals surface area (Å²) in [5.74, 6) is -2.98. The predicted octanol–water partition coefficient (Wildman–Crippen LogP) is 5.53. The molecule has 3 aromatic rings. The number of rotatable bonds is 7. The van der Waals surface area contributed by atoms with Gasteiger partial charge in [-0.3, -0.25) is 9.59 Å². The standard InChI is InChI=1S/C27H23BrClN3O6S/c1-2-37-27(36)22-19-5-3-4-6-21(19)39-25(22)31-23(33)24(34)32-30-14-16-13-17(28)9-12-20(16)38-26(35)15-7-10-18(29)11-8-15/h7-14H,2-6H2,1H3,(H,31,33)(H,32,34)/b30-14-. The van der Waals surface area contributed by atoms with Crippen molar-refractivity contribution in [1.29, 1.82) is 0 Å². The zero-order valence-corrected chi connectivity index (χ0v) is 23.9. The molecule has 0 radical (unpaired) electrons. The van der Waals surface area contributed by atoms with Crippen LogP contribution in [0.3, 0.4) is 0 Å². The molecule has 0 fully saturated rings. The van der Waals surface area contributed by atoms with Crippen molar-refractivity contribution in [3.8, 4) is 5.75 Å². The average Bonchev–Trinajstić information content (AvgIpc) is 3.28. The van der Waals surface area contributed by atoms with Gasteiger partial charge in [0.2, 0.25) is 0 Å². The van der Waals surface area contributed by atoms with Gasteiger partial charge in [-0.15, -0.1) is 11.3 Å². The van der Waals surface area contributed by atoms with Gasteiger partial charge in [0.25, 0.3) is 0 Å². The molecule has 1 aliphatic rings. The molecule has 39 heavy (non-hydrogen) atoms. The molecule has 2 amide bonds. The topological polar surface area (TPSA) is 123 Å². The van der Waals surface area contributed by atoms with Gasteiger partial charge >= 0.3 is 23.8 Å². The van der Waals surface area contributed by atoms with E-state index in [9.17, 15) is 19.2 Å². The number of benzene rings is 2. The Balaban J connectivity index is 1.44. The SMILES string of the molecule is CCOC(=O)c1c(NC(=O)C(=O)N/N=C\c2cc(Br)ccc2OC(=O)c2ccc(Cl)cc2)sc2c1CCCC2. The molecule has 1 heterocycles. The van der Waals surface area contributed by atoms with Gasteiger partial charge in [-0.2, -0.15) is 5.10 Å². The highest BCUT2D eigenvalue weighted by Crippen LogP contribution is 2.38. The zero-order chi connectivity index (χ0) is 27.9. The number of nitrogens with one attached hydrogen (secondary N) is 2. The van der Waals surface area contributed by atoms with Crippen molar-refractivity contribution in [2.75, 3.05) is 11.9 Å². The first kappa shape index (κ1) is 28.5. The van der Waals surface area contributed by atoms with E-state index in [1.807, 2.05) is 0 Å². The van der Waals surface area contributed by atoms with Crippen molar-refractivity contribution in [2.45, 2.75) is 32.6 Å². The highest BCUT2D eigenvalue weighted by atomic mass is 79.9. The van der Waals surface area contributed by atoms with E-state index in [4.69, 9.17) is 21.1 Å². The first-order chi connectivity index (χ1) is 18.8. The van der Waals surface area contributed by atoms with Crippen LogP contribution in [0.25, 0.3) is 0 Å². The van der Waals surface area contributed by atoms with E-state index < -0.39 is 23.8 Å². The number of nitrogens with zero attached hydrogens (tertiary/aromatic N) is 1. The summed E-state index contributed by atoms with van der Waals surface area (Å²) in [6.45, 7) is 1.90. The molecular weight excluding hydrogens is 610 g/mol. The number of thiophene rings is 1. The van der Waals surface area contributed by atoms with E-state index in [2.05, 4.69) is 31.8 Å². The van der Waals surface area contributed by atoms with Gasteiger partial charge in [0, 0.05) is 19.9 Å². The summed E-state index contributed by atoms with van der Waals surface area (Å²) in [7, 11) is 0. The van der Waals surface area contributed by atoms with Crippen LogP contribution in [-0.2, 0) is 27.2 Å². The molecule has 2 aromatic carbocycles. The summed E-state index contributed by atoms with van der Waals surface area (Å²) in [6, 6.07) is 11.1. The maximum absolute atomic E-state index is 12.6. The van der Waals surface area contributed by atoms with Crippen molar-refractivity contribution in [3.05, 3.63) is 79.1 Å². The number of hydrogen-bond acceptors (Lipinski definition) is 8. The van der Waals surface area contributed by atoms with Gasteiger partial charge in [0.1, 0.15) is 10.8 Å². The Hall–Kier alpha value is -3.54. The molecule has 0 atom stereocenters. The van der Waals surface area contributed by atoms with Crippen molar-refractivity contribution in [2.24, 2.45) is 5.10 Å². The summed E-state index contributed by atoms with van der Waals surface area (Å²) >= 11 is 10.5. The highest BCUT2D eigenvalue weighted by molar-refractivity contribution is 9.10. The van der Waals surface area contributed by atoms with Crippen LogP contribution in [-0.4, -0.2) is 36.6 Å². The number of carbonyl (C=O) groups excluding carboxylic acids is 4. The van der Waals surface area contributed by atoms with Crippen molar-refractivity contribution < 1.29 is 28.7 Å². The number of anilines is 1. The monoisotopic (exact) mass is 631 g/mol. The fraction of sp³-hybridized carbons (Fsp3) is 0.222. The zero-order valence-electron chi connectivity index (χ0n) is 20.7. The maximum atomic E-state index is 12.6. The van der Waals surface area contributed by atoms with Crippen LogP contribution in [0.5, 0.6) is 5.75 Å². The first-order valence-corrected chi connectivity index (χ1v) is 14.0. The van der Waals surface area contributed by atoms with E-state index in [1.165, 1.54) is 29.7 Å². The fourth-order valence-corrected chi connectivity index (χ4v) is 5.68. The van der Waals surface area contributed by atoms with Gasteiger partial charge in [0.15, 0.2) is 0 Å². The third-order valence-corrected chi connectivity index (χ3v) is 7.66. The highest BCUT2D eigenvalue weighted by Gasteiger charge is 2.28. The van der Waals surface area contributed by atoms with Crippen LogP contribution >= 0.6 is 38.9 Å². The summed E-state index contributed by atoms with van der Waals surface area (Å²) in [5.41, 5.74) is 4.00. The molecule has 1 aliphatic carbocycles. The molecule has 9 nitrogen and oxygen atoms in total. The minimum absolute atomic E-state index is 0.184. The summed E-state index contributed by atoms with van der Waals surface area (Å²) in [4.78, 5) is 51.2. The largest absolute Gasteiger partial charge is 0.462 e. The molecular formula is C27H23BrClN3O6S. The number of fused-ring (bicyclic) bond motifs is 1. The van der Waals surface area contributed by atoms with Gasteiger partial charge in [-0.25, -0.2) is 15.0 Å². The van der Waals surface area contributed by atoms with Crippen LogP contribution < -0.4 is 15.5 Å². The molecule has 0 saturated carbocycles. The van der Waals surface area contributed by atoms with E-state index in [0.717, 1.165) is 29.7 Å². The quantitative estimate of drug-likeness (QED) is 0.116. The summed E-state index contributed by atoms with van der Waals surface area (Å²) in [6.07, 6.45) is 4.69. The van der Waals surface area contributed by atoms with E-state index in [-0.39, 0.29) is 17.4 Å². The Morgan fingerprint density at radius 1 is 1.05 bits per heavy atom. The lowest BCUT2D eigenvalue weighted by molar-refractivity contribution is -0.136. The normalized spacial score (nSPS) is 12.5. The minimum atomic E-state index is -1.04. The second-order valence-electron chi connectivity index (χ2n) is 8.37. The molecule has 0 bridgehead atoms. The molecule has 12 heteroatoms. The lowest BCUT2D eigenvalue weighted by atomic mass is 9.95. The molecule has 0 saturated heterocycles. The van der Waals surface area contributed by atoms with Gasteiger partial charge in [0.05, 0.1) is 23.9 Å². The number of esters is 2. The number of halogens is 2. The Kier molecular flexibility index (Phi) is 9.50. The third-order valence-electron chi connectivity index (χ3n) is 5.71. The van der Waals surface area contributed by atoms with Crippen LogP contribution in [0, 0.1) is 0 Å². The molecule has 202 valence electrons. The average molecular weight is 633 g/mol. The molecule has 4 rings (SSSR count). The Labute approximate surface area is 241 Å². The number of hydrazone groups is 1. The lowest BCUT2D eigenvalue weighted by Gasteiger charge is -2.12. The van der Waals surface area contributed by atoms with Crippen molar-refractivity contribution in [3.63, 3.8) is 0 Å². The van der Waals surface area contributed by atoms with Crippen LogP contribution in [0.1, 0.15) is 56.5 Å². The van der Waals surface area contributed by atoms with Crippen LogP contribution in [0.15, 0.2) is 52.0 Å². The Morgan fingerprint density at radius 3 is 2.54 bits per heavy atom. The third kappa shape index (κ3) is 7.11. The smallest absolute Gasteiger partial charge is 0.343 e. The Morgan fingerprint density at radius 2 is 1.79 bits per heavy atom. The maximum Gasteiger partial charge on any atom is 0.343 e. The molecule has 0 aliphatic heterocycles. The second-order valence-corrected chi connectivity index (χ2v) is 10.8. The second kappa shape index (κ2) is 13.0. The Bertz CT molecular complexity index is 1450. The number of amides is 2. The van der Waals surface area contributed by atoms with Crippen LogP contribution in [0.2, 0.25) is 5.02 Å². The number of carbonyl (C=O) groups is 4. The van der Waals surface area contributed by atoms with Crippen LogP contribution in [0.4, 0.5) is 5.00 Å².